The van der Waals surface area contributed by atoms with Crippen LogP contribution in [0.5, 0.6) is 0 Å². The summed E-state index contributed by atoms with van der Waals surface area (Å²) in [5.74, 6) is 0.324. The maximum atomic E-state index is 12.2. The Balaban J connectivity index is 2.02. The maximum Gasteiger partial charge on any atom is 0.220 e. The molecule has 0 aromatic heterocycles. The summed E-state index contributed by atoms with van der Waals surface area (Å²) >= 11 is 0. The summed E-state index contributed by atoms with van der Waals surface area (Å²) in [5.41, 5.74) is 2.30. The minimum Gasteiger partial charge on any atom is -0.390 e. The first kappa shape index (κ1) is 15.0. The van der Waals surface area contributed by atoms with Crippen LogP contribution in [0.1, 0.15) is 51.3 Å². The van der Waals surface area contributed by atoms with E-state index in [0.29, 0.717) is 18.8 Å². The number of carbonyl (C=O) groups is 1. The Morgan fingerprint density at radius 2 is 2.05 bits per heavy atom. The van der Waals surface area contributed by atoms with Gasteiger partial charge in [-0.2, -0.15) is 0 Å². The first-order valence-electron chi connectivity index (χ1n) is 7.34. The van der Waals surface area contributed by atoms with E-state index in [0.717, 1.165) is 11.1 Å². The molecule has 0 heterocycles. The van der Waals surface area contributed by atoms with E-state index < -0.39 is 6.10 Å². The van der Waals surface area contributed by atoms with Gasteiger partial charge >= 0.3 is 0 Å². The zero-order valence-corrected chi connectivity index (χ0v) is 12.8. The summed E-state index contributed by atoms with van der Waals surface area (Å²) in [6.45, 7) is 8.53. The number of hydrogen-bond acceptors (Lipinski definition) is 2. The van der Waals surface area contributed by atoms with Crippen LogP contribution < -0.4 is 5.32 Å². The summed E-state index contributed by atoms with van der Waals surface area (Å²) in [6.07, 6.45) is 0.603. The van der Waals surface area contributed by atoms with Crippen molar-refractivity contribution < 1.29 is 9.90 Å². The first-order chi connectivity index (χ1) is 9.29. The van der Waals surface area contributed by atoms with Gasteiger partial charge in [0.1, 0.15) is 0 Å². The van der Waals surface area contributed by atoms with E-state index in [9.17, 15) is 9.90 Å². The van der Waals surface area contributed by atoms with Gasteiger partial charge in [0.2, 0.25) is 5.91 Å². The van der Waals surface area contributed by atoms with E-state index in [1.807, 2.05) is 24.3 Å². The number of benzene rings is 1. The van der Waals surface area contributed by atoms with Crippen molar-refractivity contribution in [2.75, 3.05) is 0 Å². The van der Waals surface area contributed by atoms with Crippen molar-refractivity contribution in [1.82, 2.24) is 5.32 Å². The molecule has 0 bridgehead atoms. The van der Waals surface area contributed by atoms with Crippen molar-refractivity contribution in [3.8, 4) is 0 Å². The zero-order chi connectivity index (χ0) is 14.9. The van der Waals surface area contributed by atoms with E-state index in [4.69, 9.17) is 0 Å². The highest BCUT2D eigenvalue weighted by atomic mass is 16.3. The Morgan fingerprint density at radius 1 is 1.40 bits per heavy atom. The fraction of sp³-hybridized carbons (Fsp3) is 0.588. The fourth-order valence-electron chi connectivity index (χ4n) is 2.56. The van der Waals surface area contributed by atoms with Crippen molar-refractivity contribution in [2.45, 2.75) is 52.7 Å². The van der Waals surface area contributed by atoms with Gasteiger partial charge in [-0.25, -0.2) is 0 Å². The molecule has 3 atom stereocenters. The predicted molar refractivity (Wildman–Crippen MR) is 80.3 cm³/mol. The van der Waals surface area contributed by atoms with E-state index >= 15 is 0 Å². The second-order valence-corrected chi connectivity index (χ2v) is 6.99. The van der Waals surface area contributed by atoms with Crippen molar-refractivity contribution in [1.29, 1.82) is 0 Å². The van der Waals surface area contributed by atoms with Crippen LogP contribution in [-0.4, -0.2) is 17.1 Å². The van der Waals surface area contributed by atoms with Gasteiger partial charge in [-0.3, -0.25) is 4.79 Å². The number of hydrogen-bond donors (Lipinski definition) is 2. The van der Waals surface area contributed by atoms with Crippen LogP contribution in [0.15, 0.2) is 24.3 Å². The number of carbonyl (C=O) groups excluding carboxylic acids is 1. The maximum absolute atomic E-state index is 12.2. The van der Waals surface area contributed by atoms with E-state index in [-0.39, 0.29) is 17.4 Å². The number of amides is 1. The molecule has 0 radical (unpaired) electrons. The summed E-state index contributed by atoms with van der Waals surface area (Å²) in [4.78, 5) is 12.2. The normalized spacial score (nSPS) is 23.2. The molecule has 2 rings (SSSR count). The van der Waals surface area contributed by atoms with E-state index in [1.54, 1.807) is 0 Å². The van der Waals surface area contributed by atoms with Gasteiger partial charge in [0, 0.05) is 12.8 Å². The van der Waals surface area contributed by atoms with Crippen LogP contribution in [0.2, 0.25) is 0 Å². The highest BCUT2D eigenvalue weighted by Crippen LogP contribution is 2.32. The Kier molecular flexibility index (Phi) is 4.19. The van der Waals surface area contributed by atoms with Crippen molar-refractivity contribution in [2.24, 2.45) is 11.3 Å². The number of nitrogens with one attached hydrogen (secondary N) is 1. The number of fused-ring (bicyclic) bond motifs is 1. The molecular formula is C17H25NO2. The number of aliphatic hydroxyl groups excluding tert-OH is 1. The lowest BCUT2D eigenvalue weighted by Crippen LogP contribution is -2.36. The molecule has 0 saturated heterocycles. The standard InChI is InChI=1S/C17H25NO2/c1-11(17(2,3)4)9-15(20)18-16-13-8-6-5-7-12(13)10-14(16)19/h5-8,11,14,16,19H,9-10H2,1-4H3,(H,18,20)/t11?,14-,16+/m0/s1. The largest absolute Gasteiger partial charge is 0.390 e. The van der Waals surface area contributed by atoms with Crippen LogP contribution in [0.3, 0.4) is 0 Å². The second kappa shape index (κ2) is 5.57. The molecule has 1 amide bonds. The number of aliphatic hydroxyl groups is 1. The molecule has 1 aromatic rings. The van der Waals surface area contributed by atoms with Gasteiger partial charge in [-0.15, -0.1) is 0 Å². The molecule has 0 aliphatic heterocycles. The number of rotatable bonds is 3. The molecule has 1 aliphatic carbocycles. The lowest BCUT2D eigenvalue weighted by molar-refractivity contribution is -0.124. The van der Waals surface area contributed by atoms with E-state index in [1.165, 1.54) is 0 Å². The average molecular weight is 275 g/mol. The van der Waals surface area contributed by atoms with Gasteiger partial charge in [0.25, 0.3) is 0 Å². The third-order valence-electron chi connectivity index (χ3n) is 4.49. The molecule has 1 aliphatic rings. The van der Waals surface area contributed by atoms with Crippen LogP contribution >= 0.6 is 0 Å². The van der Waals surface area contributed by atoms with Crippen LogP contribution in [-0.2, 0) is 11.2 Å². The third-order valence-corrected chi connectivity index (χ3v) is 4.49. The third kappa shape index (κ3) is 3.21. The molecule has 0 fully saturated rings. The summed E-state index contributed by atoms with van der Waals surface area (Å²) in [6, 6.07) is 7.67. The molecule has 20 heavy (non-hydrogen) atoms. The summed E-state index contributed by atoms with van der Waals surface area (Å²) < 4.78 is 0. The minimum absolute atomic E-state index is 0.0215. The summed E-state index contributed by atoms with van der Waals surface area (Å²) in [7, 11) is 0. The summed E-state index contributed by atoms with van der Waals surface area (Å²) in [5, 5.41) is 13.1. The van der Waals surface area contributed by atoms with Crippen LogP contribution in [0, 0.1) is 11.3 Å². The SMILES string of the molecule is CC(CC(=O)N[C@@H]1c2ccccc2C[C@@H]1O)C(C)(C)C. The lowest BCUT2D eigenvalue weighted by Gasteiger charge is -2.27. The van der Waals surface area contributed by atoms with Crippen LogP contribution in [0.4, 0.5) is 0 Å². The first-order valence-corrected chi connectivity index (χ1v) is 7.34. The topological polar surface area (TPSA) is 49.3 Å². The zero-order valence-electron chi connectivity index (χ0n) is 12.8. The Labute approximate surface area is 121 Å². The van der Waals surface area contributed by atoms with Gasteiger partial charge in [-0.05, 0) is 22.5 Å². The molecule has 1 unspecified atom stereocenters. The monoisotopic (exact) mass is 275 g/mol. The highest BCUT2D eigenvalue weighted by molar-refractivity contribution is 5.77. The highest BCUT2D eigenvalue weighted by Gasteiger charge is 2.32. The minimum atomic E-state index is -0.513. The lowest BCUT2D eigenvalue weighted by atomic mass is 9.80. The predicted octanol–water partition coefficient (Wildman–Crippen LogP) is 2.83. The fourth-order valence-corrected chi connectivity index (χ4v) is 2.56. The van der Waals surface area contributed by atoms with Gasteiger partial charge in [0.05, 0.1) is 12.1 Å². The van der Waals surface area contributed by atoms with Gasteiger partial charge in [-0.1, -0.05) is 52.0 Å². The molecule has 1 aromatic carbocycles. The average Bonchev–Trinajstić information content (AvgIpc) is 2.65. The molecule has 2 N–H and O–H groups in total. The molecular weight excluding hydrogens is 250 g/mol. The second-order valence-electron chi connectivity index (χ2n) is 6.99. The van der Waals surface area contributed by atoms with Gasteiger partial charge in [0.15, 0.2) is 0 Å². The smallest absolute Gasteiger partial charge is 0.220 e. The molecule has 3 heteroatoms. The van der Waals surface area contributed by atoms with Crippen molar-refractivity contribution >= 4 is 5.91 Å². The van der Waals surface area contributed by atoms with Gasteiger partial charge < -0.3 is 10.4 Å². The quantitative estimate of drug-likeness (QED) is 0.891. The molecule has 0 saturated carbocycles. The molecule has 110 valence electrons. The van der Waals surface area contributed by atoms with E-state index in [2.05, 4.69) is 33.0 Å². The van der Waals surface area contributed by atoms with Crippen molar-refractivity contribution in [3.63, 3.8) is 0 Å². The molecule has 3 nitrogen and oxygen atoms in total. The Hall–Kier alpha value is -1.35. The molecule has 0 spiro atoms. The van der Waals surface area contributed by atoms with Crippen LogP contribution in [0.25, 0.3) is 0 Å². The Bertz CT molecular complexity index is 490. The van der Waals surface area contributed by atoms with Crippen molar-refractivity contribution in [3.05, 3.63) is 35.4 Å². The Morgan fingerprint density at radius 3 is 2.70 bits per heavy atom.